The molecule has 0 aliphatic heterocycles. The summed E-state index contributed by atoms with van der Waals surface area (Å²) in [5.41, 5.74) is 1.08. The molecule has 0 aliphatic carbocycles. The van der Waals surface area contributed by atoms with E-state index in [1.165, 1.54) is 38.5 Å². The van der Waals surface area contributed by atoms with Gasteiger partial charge in [-0.15, -0.1) is 0 Å². The van der Waals surface area contributed by atoms with Crippen molar-refractivity contribution in [3.8, 4) is 11.5 Å². The summed E-state index contributed by atoms with van der Waals surface area (Å²) in [5, 5.41) is 3.05. The van der Waals surface area contributed by atoms with Crippen molar-refractivity contribution in [2.45, 2.75) is 0 Å². The second kappa shape index (κ2) is 7.65. The van der Waals surface area contributed by atoms with Crippen LogP contribution in [0.2, 0.25) is 5.02 Å². The number of nitrogens with one attached hydrogen (secondary N) is 1. The van der Waals surface area contributed by atoms with Crippen molar-refractivity contribution >= 4 is 29.3 Å². The summed E-state index contributed by atoms with van der Waals surface area (Å²) in [7, 11) is 2.90. The smallest absolute Gasteiger partial charge is 0.248 e. The van der Waals surface area contributed by atoms with E-state index in [4.69, 9.17) is 21.1 Å². The molecule has 0 spiro atoms. The van der Waals surface area contributed by atoms with Crippen LogP contribution in [-0.2, 0) is 4.79 Å². The van der Waals surface area contributed by atoms with E-state index in [0.29, 0.717) is 22.0 Å². The molecule has 0 unspecified atom stereocenters. The maximum absolute atomic E-state index is 13.6. The van der Waals surface area contributed by atoms with Crippen LogP contribution in [0.4, 0.5) is 10.1 Å². The number of benzene rings is 2. The first kappa shape index (κ1) is 16.8. The van der Waals surface area contributed by atoms with Crippen LogP contribution in [0, 0.1) is 5.82 Å². The Bertz CT molecular complexity index is 747. The minimum atomic E-state index is -0.489. The van der Waals surface area contributed by atoms with Crippen molar-refractivity contribution in [1.29, 1.82) is 0 Å². The summed E-state index contributed by atoms with van der Waals surface area (Å²) in [6.45, 7) is 0. The molecule has 0 bridgehead atoms. The van der Waals surface area contributed by atoms with Gasteiger partial charge in [-0.1, -0.05) is 17.7 Å². The van der Waals surface area contributed by atoms with Crippen LogP contribution >= 0.6 is 11.6 Å². The van der Waals surface area contributed by atoms with E-state index in [1.54, 1.807) is 24.3 Å². The number of carbonyl (C=O) groups is 1. The van der Waals surface area contributed by atoms with Gasteiger partial charge in [0.25, 0.3) is 0 Å². The molecule has 0 fully saturated rings. The molecule has 2 rings (SSSR count). The van der Waals surface area contributed by atoms with Gasteiger partial charge in [-0.25, -0.2) is 4.39 Å². The van der Waals surface area contributed by atoms with E-state index in [1.807, 2.05) is 0 Å². The van der Waals surface area contributed by atoms with Crippen LogP contribution in [0.1, 0.15) is 5.56 Å². The highest BCUT2D eigenvalue weighted by Gasteiger charge is 2.04. The Morgan fingerprint density at radius 1 is 1.13 bits per heavy atom. The minimum absolute atomic E-state index is 0.152. The molecular weight excluding hydrogens is 321 g/mol. The summed E-state index contributed by atoms with van der Waals surface area (Å²) in [4.78, 5) is 11.9. The first-order valence-corrected chi connectivity index (χ1v) is 7.07. The Labute approximate surface area is 138 Å². The molecular formula is C17H15ClFNO3. The van der Waals surface area contributed by atoms with Crippen LogP contribution in [0.15, 0.2) is 42.5 Å². The summed E-state index contributed by atoms with van der Waals surface area (Å²) < 4.78 is 23.4. The topological polar surface area (TPSA) is 47.6 Å². The highest BCUT2D eigenvalue weighted by atomic mass is 35.5. The van der Waals surface area contributed by atoms with Crippen LogP contribution in [0.5, 0.6) is 11.5 Å². The Balaban J connectivity index is 2.04. The average molecular weight is 336 g/mol. The van der Waals surface area contributed by atoms with Crippen LogP contribution in [0.25, 0.3) is 6.08 Å². The number of ether oxygens (including phenoxy) is 2. The van der Waals surface area contributed by atoms with Gasteiger partial charge in [0.2, 0.25) is 5.91 Å². The summed E-state index contributed by atoms with van der Waals surface area (Å²) in [6.07, 6.45) is 2.81. The number of hydrogen-bond donors (Lipinski definition) is 1. The molecule has 23 heavy (non-hydrogen) atoms. The third-order valence-electron chi connectivity index (χ3n) is 3.02. The molecule has 4 nitrogen and oxygen atoms in total. The normalized spacial score (nSPS) is 10.6. The van der Waals surface area contributed by atoms with Gasteiger partial charge < -0.3 is 14.8 Å². The molecule has 1 N–H and O–H groups in total. The number of methoxy groups -OCH3 is 2. The lowest BCUT2D eigenvalue weighted by Gasteiger charge is -2.06. The molecule has 0 atom stereocenters. The molecule has 0 heterocycles. The van der Waals surface area contributed by atoms with Crippen molar-refractivity contribution in [3.63, 3.8) is 0 Å². The molecule has 0 aromatic heterocycles. The SMILES string of the molecule is COc1ccc(/C=C/C(=O)Nc2ccc(OC)c(Cl)c2)cc1F. The van der Waals surface area contributed by atoms with Crippen molar-refractivity contribution < 1.29 is 18.7 Å². The van der Waals surface area contributed by atoms with Gasteiger partial charge >= 0.3 is 0 Å². The lowest BCUT2D eigenvalue weighted by atomic mass is 10.2. The Hall–Kier alpha value is -2.53. The monoisotopic (exact) mass is 335 g/mol. The number of amides is 1. The Morgan fingerprint density at radius 3 is 2.43 bits per heavy atom. The number of anilines is 1. The fourth-order valence-electron chi connectivity index (χ4n) is 1.89. The number of hydrogen-bond acceptors (Lipinski definition) is 3. The number of rotatable bonds is 5. The Morgan fingerprint density at radius 2 is 1.83 bits per heavy atom. The fourth-order valence-corrected chi connectivity index (χ4v) is 2.14. The summed E-state index contributed by atoms with van der Waals surface area (Å²) >= 11 is 5.98. The highest BCUT2D eigenvalue weighted by Crippen LogP contribution is 2.27. The summed E-state index contributed by atoms with van der Waals surface area (Å²) in [6, 6.07) is 9.34. The standard InChI is InChI=1S/C17H15ClFNO3/c1-22-15-7-5-12(10-13(15)18)20-17(21)8-4-11-3-6-16(23-2)14(19)9-11/h3-10H,1-2H3,(H,20,21)/b8-4+. The Kier molecular flexibility index (Phi) is 5.60. The van der Waals surface area contributed by atoms with E-state index in [9.17, 15) is 9.18 Å². The van der Waals surface area contributed by atoms with Gasteiger partial charge in [-0.05, 0) is 42.0 Å². The van der Waals surface area contributed by atoms with Crippen molar-refractivity contribution in [2.24, 2.45) is 0 Å². The fraction of sp³-hybridized carbons (Fsp3) is 0.118. The average Bonchev–Trinajstić information content (AvgIpc) is 2.53. The molecule has 2 aromatic carbocycles. The first-order valence-electron chi connectivity index (χ1n) is 6.69. The molecule has 2 aromatic rings. The molecule has 1 amide bonds. The largest absolute Gasteiger partial charge is 0.495 e. The zero-order valence-electron chi connectivity index (χ0n) is 12.6. The van der Waals surface area contributed by atoms with E-state index in [-0.39, 0.29) is 11.7 Å². The lowest BCUT2D eigenvalue weighted by molar-refractivity contribution is -0.111. The maximum atomic E-state index is 13.6. The van der Waals surface area contributed by atoms with Crippen molar-refractivity contribution in [3.05, 3.63) is 58.9 Å². The zero-order chi connectivity index (χ0) is 16.8. The van der Waals surface area contributed by atoms with E-state index < -0.39 is 5.82 Å². The van der Waals surface area contributed by atoms with Gasteiger partial charge in [0.15, 0.2) is 11.6 Å². The molecule has 6 heteroatoms. The number of halogens is 2. The quantitative estimate of drug-likeness (QED) is 0.835. The predicted molar refractivity (Wildman–Crippen MR) is 88.6 cm³/mol. The molecule has 0 radical (unpaired) electrons. The lowest BCUT2D eigenvalue weighted by Crippen LogP contribution is -2.07. The van der Waals surface area contributed by atoms with Crippen LogP contribution in [0.3, 0.4) is 0 Å². The van der Waals surface area contributed by atoms with Gasteiger partial charge in [-0.2, -0.15) is 0 Å². The van der Waals surface area contributed by atoms with Gasteiger partial charge in [0, 0.05) is 11.8 Å². The van der Waals surface area contributed by atoms with E-state index in [2.05, 4.69) is 5.32 Å². The minimum Gasteiger partial charge on any atom is -0.495 e. The van der Waals surface area contributed by atoms with Crippen LogP contribution < -0.4 is 14.8 Å². The maximum Gasteiger partial charge on any atom is 0.248 e. The molecule has 0 saturated carbocycles. The zero-order valence-corrected chi connectivity index (χ0v) is 13.4. The van der Waals surface area contributed by atoms with Gasteiger partial charge in [0.05, 0.1) is 19.2 Å². The van der Waals surface area contributed by atoms with Crippen molar-refractivity contribution in [2.75, 3.05) is 19.5 Å². The molecule has 0 aliphatic rings. The highest BCUT2D eigenvalue weighted by molar-refractivity contribution is 6.32. The van der Waals surface area contributed by atoms with E-state index >= 15 is 0 Å². The van der Waals surface area contributed by atoms with Crippen molar-refractivity contribution in [1.82, 2.24) is 0 Å². The third-order valence-corrected chi connectivity index (χ3v) is 3.32. The molecule has 120 valence electrons. The summed E-state index contributed by atoms with van der Waals surface area (Å²) in [5.74, 6) is -0.173. The third kappa shape index (κ3) is 4.47. The van der Waals surface area contributed by atoms with Gasteiger partial charge in [0.1, 0.15) is 5.75 Å². The second-order valence-corrected chi connectivity index (χ2v) is 4.97. The second-order valence-electron chi connectivity index (χ2n) is 4.57. The molecule has 0 saturated heterocycles. The number of carbonyl (C=O) groups excluding carboxylic acids is 1. The predicted octanol–water partition coefficient (Wildman–Crippen LogP) is 4.15. The van der Waals surface area contributed by atoms with Crippen LogP contribution in [-0.4, -0.2) is 20.1 Å². The van der Waals surface area contributed by atoms with E-state index in [0.717, 1.165) is 0 Å². The van der Waals surface area contributed by atoms with Gasteiger partial charge in [-0.3, -0.25) is 4.79 Å². The first-order chi connectivity index (χ1) is 11.0.